The Kier molecular flexibility index (Phi) is 9.75. The third kappa shape index (κ3) is 6.98. The van der Waals surface area contributed by atoms with Crippen LogP contribution in [-0.4, -0.2) is 120 Å². The zero-order valence-electron chi connectivity index (χ0n) is 18.9. The second-order valence-corrected chi connectivity index (χ2v) is 8.49. The summed E-state index contributed by atoms with van der Waals surface area (Å²) in [4.78, 5) is 12.5. The summed E-state index contributed by atoms with van der Waals surface area (Å²) >= 11 is 0. The maximum absolute atomic E-state index is 5.43. The molecule has 1 aromatic rings. The number of guanidine groups is 1. The molecule has 0 aromatic carbocycles. The molecule has 0 saturated carbocycles. The molecule has 1 atom stereocenters. The minimum Gasteiger partial charge on any atom is -0.379 e. The predicted octanol–water partition coefficient (Wildman–Crippen LogP) is -0.501. The van der Waals surface area contributed by atoms with Gasteiger partial charge in [0.1, 0.15) is 12.4 Å². The summed E-state index contributed by atoms with van der Waals surface area (Å²) in [6.07, 6.45) is 1.09. The topological polar surface area (TPSA) is 86.1 Å². The van der Waals surface area contributed by atoms with Gasteiger partial charge in [-0.05, 0) is 19.9 Å². The van der Waals surface area contributed by atoms with Crippen molar-refractivity contribution in [1.82, 2.24) is 40.1 Å². The molecule has 0 spiro atoms. The first-order valence-electron chi connectivity index (χ1n) is 11.3. The number of rotatable bonds is 8. The lowest BCUT2D eigenvalue weighted by atomic mass is 10.1. The first kappa shape index (κ1) is 24.6. The van der Waals surface area contributed by atoms with Crippen molar-refractivity contribution in [3.8, 4) is 0 Å². The standard InChI is InChI=1S/C20H37N9O.HI/c1-17-24-25-19(26(17)2)15-23-20(21-4-3-5-27-10-12-30-13-11-27)22-14-18-16-28-6-8-29(18)9-7-28;/h18H,3-16H2,1-2H3,(H2,21,22,23);1H. The van der Waals surface area contributed by atoms with Crippen molar-refractivity contribution >= 4 is 29.9 Å². The average Bonchev–Trinajstić information content (AvgIpc) is 3.11. The highest BCUT2D eigenvalue weighted by Crippen LogP contribution is 2.14. The summed E-state index contributed by atoms with van der Waals surface area (Å²) in [5, 5.41) is 15.5. The van der Waals surface area contributed by atoms with Crippen LogP contribution in [0.4, 0.5) is 0 Å². The first-order chi connectivity index (χ1) is 14.7. The van der Waals surface area contributed by atoms with Crippen molar-refractivity contribution in [2.75, 3.05) is 78.7 Å². The van der Waals surface area contributed by atoms with Crippen LogP contribution in [0.3, 0.4) is 0 Å². The van der Waals surface area contributed by atoms with Gasteiger partial charge in [0.2, 0.25) is 0 Å². The van der Waals surface area contributed by atoms with Gasteiger partial charge in [-0.3, -0.25) is 14.7 Å². The molecule has 4 aliphatic rings. The van der Waals surface area contributed by atoms with Gasteiger partial charge in [0.05, 0.1) is 13.2 Å². The Hall–Kier alpha value is -1.02. The molecule has 4 saturated heterocycles. The molecule has 5 rings (SSSR count). The Morgan fingerprint density at radius 3 is 2.52 bits per heavy atom. The van der Waals surface area contributed by atoms with Gasteiger partial charge in [0.15, 0.2) is 11.8 Å². The Morgan fingerprint density at radius 1 is 1.10 bits per heavy atom. The van der Waals surface area contributed by atoms with E-state index in [2.05, 4.69) is 35.5 Å². The summed E-state index contributed by atoms with van der Waals surface area (Å²) in [6, 6.07) is 0.560. The van der Waals surface area contributed by atoms with E-state index >= 15 is 0 Å². The van der Waals surface area contributed by atoms with Crippen LogP contribution in [0, 0.1) is 6.92 Å². The quantitative estimate of drug-likeness (QED) is 0.195. The normalized spacial score (nSPS) is 26.5. The molecule has 0 radical (unpaired) electrons. The highest BCUT2D eigenvalue weighted by Gasteiger charge is 2.31. The summed E-state index contributed by atoms with van der Waals surface area (Å²) in [7, 11) is 1.99. The monoisotopic (exact) mass is 547 g/mol. The van der Waals surface area contributed by atoms with Crippen LogP contribution in [0.5, 0.6) is 0 Å². The van der Waals surface area contributed by atoms with E-state index < -0.39 is 0 Å². The molecule has 4 aliphatic heterocycles. The fourth-order valence-corrected chi connectivity index (χ4v) is 4.38. The number of aliphatic imine (C=N–C) groups is 1. The van der Waals surface area contributed by atoms with Gasteiger partial charge in [-0.25, -0.2) is 4.99 Å². The fraction of sp³-hybridized carbons (Fsp3) is 0.850. The van der Waals surface area contributed by atoms with Crippen molar-refractivity contribution in [3.05, 3.63) is 11.6 Å². The molecule has 1 unspecified atom stereocenters. The first-order valence-corrected chi connectivity index (χ1v) is 11.3. The molecule has 1 aromatic heterocycles. The number of hydrogen-bond acceptors (Lipinski definition) is 7. The molecule has 2 bridgehead atoms. The van der Waals surface area contributed by atoms with Crippen LogP contribution < -0.4 is 10.6 Å². The SMILES string of the molecule is Cc1nnc(CN=C(NCCCN2CCOCC2)NCC2CN3CCN2CC3)n1C.I. The highest BCUT2D eigenvalue weighted by molar-refractivity contribution is 14.0. The number of halogens is 1. The molecular formula is C20H38IN9O. The van der Waals surface area contributed by atoms with Crippen LogP contribution in [0.15, 0.2) is 4.99 Å². The number of piperazine rings is 3. The van der Waals surface area contributed by atoms with E-state index in [0.29, 0.717) is 12.6 Å². The molecule has 2 N–H and O–H groups in total. The average molecular weight is 547 g/mol. The van der Waals surface area contributed by atoms with E-state index in [-0.39, 0.29) is 24.0 Å². The van der Waals surface area contributed by atoms with Crippen molar-refractivity contribution < 1.29 is 4.74 Å². The van der Waals surface area contributed by atoms with Crippen LogP contribution in [0.25, 0.3) is 0 Å². The van der Waals surface area contributed by atoms with Crippen LogP contribution in [0.1, 0.15) is 18.1 Å². The number of aromatic nitrogens is 3. The van der Waals surface area contributed by atoms with Crippen molar-refractivity contribution in [3.63, 3.8) is 0 Å². The Morgan fingerprint density at radius 2 is 1.87 bits per heavy atom. The lowest BCUT2D eigenvalue weighted by molar-refractivity contribution is 0.0154. The minimum absolute atomic E-state index is 0. The van der Waals surface area contributed by atoms with Gasteiger partial charge in [-0.1, -0.05) is 0 Å². The smallest absolute Gasteiger partial charge is 0.191 e. The van der Waals surface area contributed by atoms with E-state index in [9.17, 15) is 0 Å². The van der Waals surface area contributed by atoms with Gasteiger partial charge in [-0.2, -0.15) is 0 Å². The number of fused-ring (bicyclic) bond motifs is 3. The van der Waals surface area contributed by atoms with Gasteiger partial charge in [0.25, 0.3) is 0 Å². The van der Waals surface area contributed by atoms with E-state index in [1.165, 1.54) is 26.2 Å². The van der Waals surface area contributed by atoms with Gasteiger partial charge in [-0.15, -0.1) is 34.2 Å². The fourth-order valence-electron chi connectivity index (χ4n) is 4.38. The molecule has 10 nitrogen and oxygen atoms in total. The number of aryl methyl sites for hydroxylation is 1. The van der Waals surface area contributed by atoms with Crippen LogP contribution in [0.2, 0.25) is 0 Å². The largest absolute Gasteiger partial charge is 0.379 e. The van der Waals surface area contributed by atoms with Gasteiger partial charge >= 0.3 is 0 Å². The third-order valence-corrected chi connectivity index (χ3v) is 6.51. The van der Waals surface area contributed by atoms with Crippen molar-refractivity contribution in [2.45, 2.75) is 25.9 Å². The maximum Gasteiger partial charge on any atom is 0.191 e. The summed E-state index contributed by atoms with van der Waals surface area (Å²) in [5.74, 6) is 2.66. The Labute approximate surface area is 202 Å². The van der Waals surface area contributed by atoms with Crippen LogP contribution >= 0.6 is 24.0 Å². The number of ether oxygens (including phenoxy) is 1. The van der Waals surface area contributed by atoms with Gasteiger partial charge in [0, 0.05) is 72.0 Å². The molecule has 5 heterocycles. The second-order valence-electron chi connectivity index (χ2n) is 8.49. The number of morpholine rings is 1. The summed E-state index contributed by atoms with van der Waals surface area (Å²) in [5.41, 5.74) is 0. The van der Waals surface area contributed by atoms with Crippen molar-refractivity contribution in [2.24, 2.45) is 12.0 Å². The van der Waals surface area contributed by atoms with E-state index in [4.69, 9.17) is 9.73 Å². The zero-order chi connectivity index (χ0) is 20.8. The maximum atomic E-state index is 5.43. The van der Waals surface area contributed by atoms with E-state index in [0.717, 1.165) is 76.5 Å². The van der Waals surface area contributed by atoms with E-state index in [1.54, 1.807) is 0 Å². The number of hydrogen-bond donors (Lipinski definition) is 2. The minimum atomic E-state index is 0. The lowest BCUT2D eigenvalue weighted by Crippen LogP contribution is -2.63. The zero-order valence-corrected chi connectivity index (χ0v) is 21.3. The Balaban J connectivity index is 0.00000272. The summed E-state index contributed by atoms with van der Waals surface area (Å²) < 4.78 is 7.43. The number of nitrogens with one attached hydrogen (secondary N) is 2. The number of nitrogens with zero attached hydrogens (tertiary/aromatic N) is 7. The Bertz CT molecular complexity index is 699. The second kappa shape index (κ2) is 12.3. The molecule has 0 amide bonds. The molecule has 4 fully saturated rings. The van der Waals surface area contributed by atoms with Crippen molar-refractivity contribution in [1.29, 1.82) is 0 Å². The third-order valence-electron chi connectivity index (χ3n) is 6.51. The molecular weight excluding hydrogens is 509 g/mol. The molecule has 11 heteroatoms. The summed E-state index contributed by atoms with van der Waals surface area (Å²) in [6.45, 7) is 15.1. The highest BCUT2D eigenvalue weighted by atomic mass is 127. The predicted molar refractivity (Wildman–Crippen MR) is 132 cm³/mol. The molecule has 176 valence electrons. The van der Waals surface area contributed by atoms with E-state index in [1.807, 2.05) is 18.5 Å². The molecule has 0 aliphatic carbocycles. The lowest BCUT2D eigenvalue weighted by Gasteiger charge is -2.47. The van der Waals surface area contributed by atoms with Gasteiger partial charge < -0.3 is 19.9 Å². The molecule has 31 heavy (non-hydrogen) atoms. The van der Waals surface area contributed by atoms with Crippen LogP contribution in [-0.2, 0) is 18.3 Å².